The van der Waals surface area contributed by atoms with Gasteiger partial charge >= 0.3 is 0 Å². The van der Waals surface area contributed by atoms with E-state index in [0.717, 1.165) is 5.56 Å². The Morgan fingerprint density at radius 1 is 1.27 bits per heavy atom. The number of aliphatic imine (C=N–C) groups is 1. The number of nitrogens with zero attached hydrogens (tertiary/aromatic N) is 3. The normalized spacial score (nSPS) is 19.1. The van der Waals surface area contributed by atoms with Gasteiger partial charge in [0, 0.05) is 46.3 Å². The highest BCUT2D eigenvalue weighted by atomic mass is 32.2. The predicted molar refractivity (Wildman–Crippen MR) is 104 cm³/mol. The third-order valence-electron chi connectivity index (χ3n) is 4.61. The molecular weight excluding hydrogens is 352 g/mol. The fraction of sp³-hybridized carbons (Fsp3) is 0.556. The Morgan fingerprint density at radius 2 is 1.88 bits per heavy atom. The van der Waals surface area contributed by atoms with Gasteiger partial charge in [-0.3, -0.25) is 9.79 Å². The molecule has 1 fully saturated rings. The van der Waals surface area contributed by atoms with E-state index in [1.54, 1.807) is 52.0 Å². The number of carbonyl (C=O) groups excluding carboxylic acids is 1. The Labute approximate surface area is 156 Å². The van der Waals surface area contributed by atoms with E-state index in [9.17, 15) is 13.2 Å². The second kappa shape index (κ2) is 7.65. The van der Waals surface area contributed by atoms with Crippen molar-refractivity contribution in [3.8, 4) is 0 Å². The number of nitrogens with one attached hydrogen (secondary N) is 1. The van der Waals surface area contributed by atoms with Crippen molar-refractivity contribution < 1.29 is 13.2 Å². The summed E-state index contributed by atoms with van der Waals surface area (Å²) in [6.07, 6.45) is 0. The van der Waals surface area contributed by atoms with E-state index in [1.807, 2.05) is 17.0 Å². The molecule has 1 aliphatic rings. The van der Waals surface area contributed by atoms with Crippen molar-refractivity contribution in [2.24, 2.45) is 4.99 Å². The monoisotopic (exact) mass is 380 g/mol. The zero-order chi connectivity index (χ0) is 19.5. The summed E-state index contributed by atoms with van der Waals surface area (Å²) in [5.74, 6) is 0.778. The summed E-state index contributed by atoms with van der Waals surface area (Å²) in [5.41, 5.74) is 1.66. The Kier molecular flexibility index (Phi) is 5.95. The summed E-state index contributed by atoms with van der Waals surface area (Å²) in [6, 6.07) is 7.42. The first-order valence-electron chi connectivity index (χ1n) is 8.56. The summed E-state index contributed by atoms with van der Waals surface area (Å²) >= 11 is 0. The molecule has 0 atom stereocenters. The quantitative estimate of drug-likeness (QED) is 0.624. The third-order valence-corrected chi connectivity index (χ3v) is 7.15. The number of benzene rings is 1. The fourth-order valence-electron chi connectivity index (χ4n) is 2.86. The second-order valence-electron chi connectivity index (χ2n) is 7.30. The number of rotatable bonds is 3. The van der Waals surface area contributed by atoms with Crippen molar-refractivity contribution in [3.63, 3.8) is 0 Å². The van der Waals surface area contributed by atoms with Crippen molar-refractivity contribution in [1.82, 2.24) is 15.1 Å². The first kappa shape index (κ1) is 20.2. The van der Waals surface area contributed by atoms with Crippen LogP contribution in [0, 0.1) is 0 Å². The van der Waals surface area contributed by atoms with E-state index in [-0.39, 0.29) is 11.7 Å². The largest absolute Gasteiger partial charge is 0.352 e. The van der Waals surface area contributed by atoms with E-state index in [4.69, 9.17) is 0 Å². The molecule has 0 unspecified atom stereocenters. The van der Waals surface area contributed by atoms with Crippen LogP contribution in [0.2, 0.25) is 0 Å². The number of guanidine groups is 1. The average Bonchev–Trinajstić information content (AvgIpc) is 2.58. The van der Waals surface area contributed by atoms with Crippen LogP contribution in [-0.2, 0) is 16.4 Å². The van der Waals surface area contributed by atoms with E-state index >= 15 is 0 Å². The molecule has 26 heavy (non-hydrogen) atoms. The minimum atomic E-state index is -3.08. The van der Waals surface area contributed by atoms with Crippen LogP contribution in [0.4, 0.5) is 0 Å². The third kappa shape index (κ3) is 4.35. The van der Waals surface area contributed by atoms with Crippen LogP contribution in [0.15, 0.2) is 29.3 Å². The van der Waals surface area contributed by atoms with E-state index in [0.29, 0.717) is 31.2 Å². The lowest BCUT2D eigenvalue weighted by Crippen LogP contribution is -2.57. The van der Waals surface area contributed by atoms with Crippen LogP contribution in [0.5, 0.6) is 0 Å². The van der Waals surface area contributed by atoms with Crippen molar-refractivity contribution in [2.75, 3.05) is 40.0 Å². The Balaban J connectivity index is 2.01. The number of amides is 1. The molecule has 0 radical (unpaired) electrons. The number of hydrogen-bond donors (Lipinski definition) is 1. The number of sulfone groups is 1. The molecule has 8 heteroatoms. The van der Waals surface area contributed by atoms with Crippen LogP contribution in [0.3, 0.4) is 0 Å². The van der Waals surface area contributed by atoms with Gasteiger partial charge in [-0.2, -0.15) is 0 Å². The van der Waals surface area contributed by atoms with E-state index < -0.39 is 14.6 Å². The first-order chi connectivity index (χ1) is 12.1. The van der Waals surface area contributed by atoms with Crippen molar-refractivity contribution in [3.05, 3.63) is 35.4 Å². The minimum Gasteiger partial charge on any atom is -0.352 e. The van der Waals surface area contributed by atoms with Gasteiger partial charge in [0.05, 0.1) is 10.5 Å². The topological polar surface area (TPSA) is 82.1 Å². The van der Waals surface area contributed by atoms with Gasteiger partial charge in [-0.1, -0.05) is 12.1 Å². The molecule has 1 aliphatic heterocycles. The lowest BCUT2D eigenvalue weighted by Gasteiger charge is -2.39. The van der Waals surface area contributed by atoms with Crippen molar-refractivity contribution >= 4 is 21.7 Å². The molecule has 2 rings (SSSR count). The van der Waals surface area contributed by atoms with Crippen LogP contribution in [0.1, 0.15) is 29.8 Å². The van der Waals surface area contributed by atoms with Crippen LogP contribution < -0.4 is 5.32 Å². The van der Waals surface area contributed by atoms with Gasteiger partial charge in [0.15, 0.2) is 15.8 Å². The van der Waals surface area contributed by atoms with E-state index in [1.165, 1.54) is 0 Å². The highest BCUT2D eigenvalue weighted by molar-refractivity contribution is 7.92. The molecule has 1 amide bonds. The Bertz CT molecular complexity index is 783. The molecular formula is C18H28N4O3S. The lowest BCUT2D eigenvalue weighted by molar-refractivity contribution is 0.0827. The first-order valence-corrected chi connectivity index (χ1v) is 10.2. The molecule has 144 valence electrons. The number of carbonyl (C=O) groups is 1. The van der Waals surface area contributed by atoms with Gasteiger partial charge in [0.1, 0.15) is 0 Å². The van der Waals surface area contributed by atoms with Crippen molar-refractivity contribution in [1.29, 1.82) is 0 Å². The highest BCUT2D eigenvalue weighted by Crippen LogP contribution is 2.23. The van der Waals surface area contributed by atoms with Gasteiger partial charge < -0.3 is 15.1 Å². The highest BCUT2D eigenvalue weighted by Gasteiger charge is 2.40. The molecule has 1 aromatic carbocycles. The molecule has 0 aromatic heterocycles. The standard InChI is InChI=1S/C18H28N4O3S/c1-18(2)13-22(10-11-26(18,24)25)17(19-3)20-12-14-6-8-15(9-7-14)16(23)21(4)5/h6-9H,10-13H2,1-5H3,(H,19,20). The molecule has 0 spiro atoms. The van der Waals surface area contributed by atoms with Crippen LogP contribution in [-0.4, -0.2) is 74.8 Å². The van der Waals surface area contributed by atoms with Gasteiger partial charge in [-0.25, -0.2) is 8.42 Å². The summed E-state index contributed by atoms with van der Waals surface area (Å²) in [4.78, 5) is 19.7. The average molecular weight is 381 g/mol. The molecule has 1 aromatic rings. The predicted octanol–water partition coefficient (Wildman–Crippen LogP) is 0.973. The van der Waals surface area contributed by atoms with Gasteiger partial charge in [0.25, 0.3) is 5.91 Å². The number of hydrogen-bond acceptors (Lipinski definition) is 4. The molecule has 0 bridgehead atoms. The summed E-state index contributed by atoms with van der Waals surface area (Å²) in [7, 11) is 2.06. The van der Waals surface area contributed by atoms with Gasteiger partial charge in [-0.05, 0) is 31.5 Å². The molecule has 1 saturated heterocycles. The molecule has 0 saturated carbocycles. The minimum absolute atomic E-state index is 0.0305. The maximum Gasteiger partial charge on any atom is 0.253 e. The second-order valence-corrected chi connectivity index (χ2v) is 10.0. The SMILES string of the molecule is CN=C(NCc1ccc(C(=O)N(C)C)cc1)N1CCS(=O)(=O)C(C)(C)C1. The van der Waals surface area contributed by atoms with Crippen LogP contribution in [0.25, 0.3) is 0 Å². The van der Waals surface area contributed by atoms with Gasteiger partial charge in [-0.15, -0.1) is 0 Å². The summed E-state index contributed by atoms with van der Waals surface area (Å²) in [5, 5.41) is 3.28. The zero-order valence-corrected chi connectivity index (χ0v) is 16.9. The Morgan fingerprint density at radius 3 is 2.38 bits per heavy atom. The van der Waals surface area contributed by atoms with Crippen LogP contribution >= 0.6 is 0 Å². The summed E-state index contributed by atoms with van der Waals surface area (Å²) in [6.45, 7) is 4.89. The molecule has 1 N–H and O–H groups in total. The Hall–Kier alpha value is -2.09. The molecule has 0 aliphatic carbocycles. The van der Waals surface area contributed by atoms with Crippen molar-refractivity contribution in [2.45, 2.75) is 25.1 Å². The summed E-state index contributed by atoms with van der Waals surface area (Å²) < 4.78 is 23.5. The van der Waals surface area contributed by atoms with E-state index in [2.05, 4.69) is 10.3 Å². The fourth-order valence-corrected chi connectivity index (χ4v) is 4.23. The molecule has 7 nitrogen and oxygen atoms in total. The maximum absolute atomic E-state index is 12.2. The maximum atomic E-state index is 12.2. The van der Waals surface area contributed by atoms with Gasteiger partial charge in [0.2, 0.25) is 0 Å². The zero-order valence-electron chi connectivity index (χ0n) is 16.1. The molecule has 1 heterocycles. The smallest absolute Gasteiger partial charge is 0.253 e. The lowest BCUT2D eigenvalue weighted by atomic mass is 10.1.